The highest BCUT2D eigenvalue weighted by Crippen LogP contribution is 2.26. The van der Waals surface area contributed by atoms with E-state index in [-0.39, 0.29) is 6.03 Å². The van der Waals surface area contributed by atoms with E-state index in [4.69, 9.17) is 16.3 Å². The van der Waals surface area contributed by atoms with Gasteiger partial charge >= 0.3 is 6.03 Å². The van der Waals surface area contributed by atoms with E-state index in [1.165, 1.54) is 0 Å². The monoisotopic (exact) mass is 345 g/mol. The summed E-state index contributed by atoms with van der Waals surface area (Å²) in [4.78, 5) is 14.4. The van der Waals surface area contributed by atoms with Crippen LogP contribution in [0.1, 0.15) is 5.56 Å². The third-order valence-corrected chi connectivity index (χ3v) is 4.12. The van der Waals surface area contributed by atoms with Gasteiger partial charge in [-0.15, -0.1) is 0 Å². The molecule has 0 saturated carbocycles. The number of para-hydroxylation sites is 2. The second-order valence-electron chi connectivity index (χ2n) is 5.55. The number of morpholine rings is 1. The summed E-state index contributed by atoms with van der Waals surface area (Å²) in [6.45, 7) is 3.51. The number of hydrogen-bond acceptors (Lipinski definition) is 3. The van der Waals surface area contributed by atoms with Crippen LogP contribution in [-0.2, 0) is 11.3 Å². The molecule has 2 N–H and O–H groups in total. The minimum Gasteiger partial charge on any atom is -0.378 e. The van der Waals surface area contributed by atoms with E-state index in [0.717, 1.165) is 30.0 Å². The van der Waals surface area contributed by atoms with Gasteiger partial charge in [0.15, 0.2) is 0 Å². The standard InChI is InChI=1S/C18H20ClN3O2/c19-15-7-5-14(6-8-15)13-20-18(23)21-16-3-1-2-4-17(16)22-9-11-24-12-10-22/h1-8H,9-13H2,(H2,20,21,23). The van der Waals surface area contributed by atoms with Gasteiger partial charge in [-0.05, 0) is 29.8 Å². The van der Waals surface area contributed by atoms with Crippen molar-refractivity contribution in [3.05, 3.63) is 59.1 Å². The Bertz CT molecular complexity index is 685. The normalized spacial score (nSPS) is 14.3. The fraction of sp³-hybridized carbons (Fsp3) is 0.278. The number of carbonyl (C=O) groups excluding carboxylic acids is 1. The van der Waals surface area contributed by atoms with Gasteiger partial charge in [-0.2, -0.15) is 0 Å². The molecule has 0 radical (unpaired) electrons. The summed E-state index contributed by atoms with van der Waals surface area (Å²) >= 11 is 5.86. The van der Waals surface area contributed by atoms with Gasteiger partial charge in [0.25, 0.3) is 0 Å². The van der Waals surface area contributed by atoms with Crippen LogP contribution in [-0.4, -0.2) is 32.3 Å². The van der Waals surface area contributed by atoms with E-state index in [1.54, 1.807) is 0 Å². The van der Waals surface area contributed by atoms with E-state index >= 15 is 0 Å². The smallest absolute Gasteiger partial charge is 0.319 e. The molecule has 24 heavy (non-hydrogen) atoms. The highest BCUT2D eigenvalue weighted by Gasteiger charge is 2.15. The SMILES string of the molecule is O=C(NCc1ccc(Cl)cc1)Nc1ccccc1N1CCOCC1. The van der Waals surface area contributed by atoms with Crippen LogP contribution in [0.5, 0.6) is 0 Å². The highest BCUT2D eigenvalue weighted by atomic mass is 35.5. The minimum atomic E-state index is -0.231. The lowest BCUT2D eigenvalue weighted by Gasteiger charge is -2.30. The molecule has 1 fully saturated rings. The first-order chi connectivity index (χ1) is 11.7. The first kappa shape index (κ1) is 16.6. The third kappa shape index (κ3) is 4.40. The molecule has 1 aliphatic rings. The summed E-state index contributed by atoms with van der Waals surface area (Å²) in [5.41, 5.74) is 2.81. The lowest BCUT2D eigenvalue weighted by Crippen LogP contribution is -2.37. The van der Waals surface area contributed by atoms with Crippen molar-refractivity contribution in [1.82, 2.24) is 5.32 Å². The van der Waals surface area contributed by atoms with Crippen LogP contribution in [0.15, 0.2) is 48.5 Å². The number of urea groups is 1. The number of amides is 2. The van der Waals surface area contributed by atoms with Crippen LogP contribution in [0, 0.1) is 0 Å². The number of anilines is 2. The molecule has 126 valence electrons. The Labute approximate surface area is 146 Å². The summed E-state index contributed by atoms with van der Waals surface area (Å²) < 4.78 is 5.39. The van der Waals surface area contributed by atoms with Gasteiger partial charge in [-0.3, -0.25) is 0 Å². The molecule has 2 amide bonds. The molecule has 5 nitrogen and oxygen atoms in total. The van der Waals surface area contributed by atoms with Crippen LogP contribution in [0.2, 0.25) is 5.02 Å². The van der Waals surface area contributed by atoms with Crippen molar-refractivity contribution in [2.24, 2.45) is 0 Å². The number of ether oxygens (including phenoxy) is 1. The fourth-order valence-corrected chi connectivity index (χ4v) is 2.74. The number of benzene rings is 2. The molecule has 3 rings (SSSR count). The van der Waals surface area contributed by atoms with E-state index in [1.807, 2.05) is 48.5 Å². The molecule has 6 heteroatoms. The number of carbonyl (C=O) groups is 1. The Kier molecular flexibility index (Phi) is 5.56. The second-order valence-corrected chi connectivity index (χ2v) is 5.99. The van der Waals surface area contributed by atoms with Crippen LogP contribution in [0.3, 0.4) is 0 Å². The quantitative estimate of drug-likeness (QED) is 0.891. The molecule has 2 aromatic rings. The van der Waals surface area contributed by atoms with Crippen molar-refractivity contribution in [1.29, 1.82) is 0 Å². The number of nitrogens with zero attached hydrogens (tertiary/aromatic N) is 1. The maximum atomic E-state index is 12.2. The zero-order valence-electron chi connectivity index (χ0n) is 13.3. The number of halogens is 1. The van der Waals surface area contributed by atoms with Crippen LogP contribution in [0.4, 0.5) is 16.2 Å². The van der Waals surface area contributed by atoms with Gasteiger partial charge in [-0.25, -0.2) is 4.79 Å². The molecule has 0 aliphatic carbocycles. The molecular weight excluding hydrogens is 326 g/mol. The van der Waals surface area contributed by atoms with Gasteiger partial charge < -0.3 is 20.3 Å². The Balaban J connectivity index is 1.60. The summed E-state index contributed by atoms with van der Waals surface area (Å²) in [5, 5.41) is 6.47. The Hall–Kier alpha value is -2.24. The highest BCUT2D eigenvalue weighted by molar-refractivity contribution is 6.30. The average Bonchev–Trinajstić information content (AvgIpc) is 2.62. The largest absolute Gasteiger partial charge is 0.378 e. The summed E-state index contributed by atoms with van der Waals surface area (Å²) in [7, 11) is 0. The van der Waals surface area contributed by atoms with Crippen molar-refractivity contribution in [3.8, 4) is 0 Å². The molecule has 0 unspecified atom stereocenters. The molecule has 0 spiro atoms. The Morgan fingerprint density at radius 3 is 2.54 bits per heavy atom. The summed E-state index contributed by atoms with van der Waals surface area (Å²) in [5.74, 6) is 0. The van der Waals surface area contributed by atoms with Crippen LogP contribution in [0.25, 0.3) is 0 Å². The zero-order valence-corrected chi connectivity index (χ0v) is 14.1. The molecule has 1 aliphatic heterocycles. The minimum absolute atomic E-state index is 0.231. The van der Waals surface area contributed by atoms with E-state index < -0.39 is 0 Å². The molecule has 1 saturated heterocycles. The van der Waals surface area contributed by atoms with Crippen LogP contribution >= 0.6 is 11.6 Å². The number of nitrogens with one attached hydrogen (secondary N) is 2. The van der Waals surface area contributed by atoms with Gasteiger partial charge in [0.2, 0.25) is 0 Å². The van der Waals surface area contributed by atoms with Crippen molar-refractivity contribution in [2.75, 3.05) is 36.5 Å². The van der Waals surface area contributed by atoms with Crippen molar-refractivity contribution in [2.45, 2.75) is 6.54 Å². The van der Waals surface area contributed by atoms with E-state index in [2.05, 4.69) is 15.5 Å². The van der Waals surface area contributed by atoms with Gasteiger partial charge in [-0.1, -0.05) is 35.9 Å². The van der Waals surface area contributed by atoms with Crippen molar-refractivity contribution >= 4 is 29.0 Å². The first-order valence-corrected chi connectivity index (χ1v) is 8.31. The number of hydrogen-bond donors (Lipinski definition) is 2. The predicted octanol–water partition coefficient (Wildman–Crippen LogP) is 3.50. The first-order valence-electron chi connectivity index (χ1n) is 7.93. The van der Waals surface area contributed by atoms with Gasteiger partial charge in [0.1, 0.15) is 0 Å². The Morgan fingerprint density at radius 2 is 1.79 bits per heavy atom. The van der Waals surface area contributed by atoms with E-state index in [9.17, 15) is 4.79 Å². The molecular formula is C18H20ClN3O2. The van der Waals surface area contributed by atoms with Crippen molar-refractivity contribution in [3.63, 3.8) is 0 Å². The van der Waals surface area contributed by atoms with Crippen LogP contribution < -0.4 is 15.5 Å². The zero-order chi connectivity index (χ0) is 16.8. The van der Waals surface area contributed by atoms with Crippen molar-refractivity contribution < 1.29 is 9.53 Å². The third-order valence-electron chi connectivity index (χ3n) is 3.87. The molecule has 2 aromatic carbocycles. The topological polar surface area (TPSA) is 53.6 Å². The second kappa shape index (κ2) is 8.04. The van der Waals surface area contributed by atoms with Gasteiger partial charge in [0.05, 0.1) is 24.6 Å². The molecule has 0 atom stereocenters. The molecule has 0 aromatic heterocycles. The predicted molar refractivity (Wildman–Crippen MR) is 96.8 cm³/mol. The maximum absolute atomic E-state index is 12.2. The average molecular weight is 346 g/mol. The molecule has 1 heterocycles. The lowest BCUT2D eigenvalue weighted by molar-refractivity contribution is 0.123. The summed E-state index contributed by atoms with van der Waals surface area (Å²) in [6, 6.07) is 15.0. The summed E-state index contributed by atoms with van der Waals surface area (Å²) in [6.07, 6.45) is 0. The van der Waals surface area contributed by atoms with E-state index in [0.29, 0.717) is 24.8 Å². The van der Waals surface area contributed by atoms with Gasteiger partial charge in [0, 0.05) is 24.7 Å². The Morgan fingerprint density at radius 1 is 1.08 bits per heavy atom. The number of rotatable bonds is 4. The fourth-order valence-electron chi connectivity index (χ4n) is 2.61. The molecule has 0 bridgehead atoms. The maximum Gasteiger partial charge on any atom is 0.319 e. The lowest BCUT2D eigenvalue weighted by atomic mass is 10.2.